The second-order valence-corrected chi connectivity index (χ2v) is 1.78. The van der Waals surface area contributed by atoms with Gasteiger partial charge < -0.3 is 10.6 Å². The third kappa shape index (κ3) is 3.52. The molecule has 0 aromatic carbocycles. The van der Waals surface area contributed by atoms with Gasteiger partial charge in [0, 0.05) is 14.1 Å². The molecule has 0 aliphatic heterocycles. The highest BCUT2D eigenvalue weighted by Crippen LogP contribution is 1.81. The monoisotopic (exact) mass is 129 g/mol. The van der Waals surface area contributed by atoms with Crippen LogP contribution < -0.4 is 5.73 Å². The van der Waals surface area contributed by atoms with Gasteiger partial charge in [-0.2, -0.15) is 0 Å². The van der Waals surface area contributed by atoms with Crippen LogP contribution in [0.15, 0.2) is 0 Å². The summed E-state index contributed by atoms with van der Waals surface area (Å²) in [6, 6.07) is 0. The van der Waals surface area contributed by atoms with E-state index in [0.29, 0.717) is 0 Å². The first kappa shape index (κ1) is 7.94. The molecule has 0 atom stereocenters. The van der Waals surface area contributed by atoms with Gasteiger partial charge in [-0.25, -0.2) is 0 Å². The van der Waals surface area contributed by atoms with Gasteiger partial charge in [0.1, 0.15) is 6.42 Å². The molecule has 0 bridgehead atoms. The summed E-state index contributed by atoms with van der Waals surface area (Å²) in [4.78, 5) is 21.8. The Morgan fingerprint density at radius 2 is 1.89 bits per heavy atom. The number of nitrogens with two attached hydrogens (primary N) is 1. The van der Waals surface area contributed by atoms with Crippen LogP contribution in [0.1, 0.15) is 0 Å². The van der Waals surface area contributed by atoms with Crippen LogP contribution in [0.2, 0.25) is 0 Å². The lowest BCUT2D eigenvalue weighted by Gasteiger charge is -2.06. The third-order valence-corrected chi connectivity index (χ3v) is 0.707. The number of hydrogen-bond donors (Lipinski definition) is 1. The number of primary amides is 1. The molecule has 9 heavy (non-hydrogen) atoms. The predicted octanol–water partition coefficient (Wildman–Crippen LogP) is -1.24. The molecule has 0 heterocycles. The summed E-state index contributed by atoms with van der Waals surface area (Å²) in [5.74, 6) is -1.10. The van der Waals surface area contributed by atoms with Crippen molar-refractivity contribution in [1.29, 1.82) is 0 Å². The Morgan fingerprint density at radius 3 is 2.00 bits per heavy atom. The molecule has 2 amide bonds. The normalized spacial score (nSPS) is 8.67. The highest BCUT2D eigenvalue weighted by molar-refractivity contribution is 6.07. The van der Waals surface area contributed by atoms with Crippen LogP contribution in [-0.2, 0) is 9.59 Å². The van der Waals surface area contributed by atoms with Gasteiger partial charge in [0.25, 0.3) is 0 Å². The van der Waals surface area contributed by atoms with E-state index in [9.17, 15) is 9.59 Å². The summed E-state index contributed by atoms with van der Waals surface area (Å²) in [7, 11) is 3.09. The summed E-state index contributed by atoms with van der Waals surface area (Å²) in [5.41, 5.74) is 4.69. The Balaban J connectivity index is 3.64. The molecule has 0 unspecified atom stereocenters. The maximum atomic E-state index is 10.5. The van der Waals surface area contributed by atoms with E-state index in [0.717, 1.165) is 6.42 Å². The average Bonchev–Trinajstić information content (AvgIpc) is 1.63. The molecule has 0 aromatic heterocycles. The van der Waals surface area contributed by atoms with Gasteiger partial charge in [0.15, 0.2) is 0 Å². The molecular weight excluding hydrogens is 120 g/mol. The minimum atomic E-state index is -0.714. The van der Waals surface area contributed by atoms with Crippen molar-refractivity contribution >= 4 is 11.8 Å². The summed E-state index contributed by atoms with van der Waals surface area (Å²) >= 11 is 0. The molecule has 0 saturated heterocycles. The zero-order chi connectivity index (χ0) is 7.44. The zero-order valence-corrected chi connectivity index (χ0v) is 5.42. The number of carbonyl (C=O) groups excluding carboxylic acids is 2. The largest absolute Gasteiger partial charge is 0.369 e. The van der Waals surface area contributed by atoms with E-state index in [2.05, 4.69) is 5.73 Å². The predicted molar refractivity (Wildman–Crippen MR) is 32.2 cm³/mol. The summed E-state index contributed by atoms with van der Waals surface area (Å²) in [6.07, 6.45) is 0.833. The number of nitrogens with zero attached hydrogens (tertiary/aromatic N) is 1. The first-order valence-corrected chi connectivity index (χ1v) is 2.39. The molecule has 0 aromatic rings. The molecular formula is C5H9N2O2. The fourth-order valence-corrected chi connectivity index (χ4v) is 0.251. The van der Waals surface area contributed by atoms with Gasteiger partial charge >= 0.3 is 0 Å². The minimum absolute atomic E-state index is 0.387. The zero-order valence-electron chi connectivity index (χ0n) is 5.42. The van der Waals surface area contributed by atoms with Crippen molar-refractivity contribution in [1.82, 2.24) is 4.90 Å². The van der Waals surface area contributed by atoms with Crippen molar-refractivity contribution in [3.63, 3.8) is 0 Å². The number of rotatable bonds is 2. The van der Waals surface area contributed by atoms with Crippen LogP contribution in [0, 0.1) is 6.42 Å². The van der Waals surface area contributed by atoms with Crippen LogP contribution in [0.4, 0.5) is 0 Å². The van der Waals surface area contributed by atoms with Crippen LogP contribution in [0.25, 0.3) is 0 Å². The third-order valence-electron chi connectivity index (χ3n) is 0.707. The number of hydrogen-bond acceptors (Lipinski definition) is 2. The number of amides is 2. The van der Waals surface area contributed by atoms with Crippen LogP contribution in [0.5, 0.6) is 0 Å². The van der Waals surface area contributed by atoms with E-state index in [4.69, 9.17) is 0 Å². The number of carbonyl (C=O) groups is 2. The maximum Gasteiger partial charge on any atom is 0.235 e. The van der Waals surface area contributed by atoms with Gasteiger partial charge in [-0.15, -0.1) is 0 Å². The molecule has 1 radical (unpaired) electrons. The van der Waals surface area contributed by atoms with Crippen LogP contribution >= 0.6 is 0 Å². The van der Waals surface area contributed by atoms with Gasteiger partial charge in [0.05, 0.1) is 0 Å². The molecule has 0 fully saturated rings. The molecule has 51 valence electrons. The van der Waals surface area contributed by atoms with E-state index < -0.39 is 5.91 Å². The molecule has 0 aliphatic carbocycles. The molecule has 4 heteroatoms. The van der Waals surface area contributed by atoms with Crippen molar-refractivity contribution in [3.05, 3.63) is 6.42 Å². The lowest BCUT2D eigenvalue weighted by Crippen LogP contribution is -2.28. The average molecular weight is 129 g/mol. The van der Waals surface area contributed by atoms with Crippen LogP contribution in [-0.4, -0.2) is 30.8 Å². The Hall–Kier alpha value is -1.06. The minimum Gasteiger partial charge on any atom is -0.369 e. The molecule has 0 spiro atoms. The van der Waals surface area contributed by atoms with E-state index in [-0.39, 0.29) is 5.91 Å². The van der Waals surface area contributed by atoms with Gasteiger partial charge in [-0.1, -0.05) is 0 Å². The van der Waals surface area contributed by atoms with E-state index in [1.807, 2.05) is 0 Å². The SMILES string of the molecule is CN(C)C(=O)[CH]C(N)=O. The second kappa shape index (κ2) is 3.06. The molecule has 0 aliphatic rings. The second-order valence-electron chi connectivity index (χ2n) is 1.78. The summed E-state index contributed by atoms with van der Waals surface area (Å²) in [5, 5.41) is 0. The van der Waals surface area contributed by atoms with E-state index in [1.165, 1.54) is 4.90 Å². The highest BCUT2D eigenvalue weighted by atomic mass is 16.2. The van der Waals surface area contributed by atoms with Gasteiger partial charge in [0.2, 0.25) is 11.8 Å². The van der Waals surface area contributed by atoms with E-state index in [1.54, 1.807) is 14.1 Å². The summed E-state index contributed by atoms with van der Waals surface area (Å²) in [6.45, 7) is 0. The lowest BCUT2D eigenvalue weighted by atomic mass is 10.4. The van der Waals surface area contributed by atoms with Crippen molar-refractivity contribution in [2.24, 2.45) is 5.73 Å². The van der Waals surface area contributed by atoms with Crippen LogP contribution in [0.3, 0.4) is 0 Å². The standard InChI is InChI=1S/C5H9N2O2/c1-7(2)5(9)3-4(6)8/h3H,1-2H3,(H2,6,8). The van der Waals surface area contributed by atoms with Crippen molar-refractivity contribution in [2.45, 2.75) is 0 Å². The van der Waals surface area contributed by atoms with E-state index >= 15 is 0 Å². The lowest BCUT2D eigenvalue weighted by molar-refractivity contribution is -0.128. The Labute approximate surface area is 53.6 Å². The van der Waals surface area contributed by atoms with Gasteiger partial charge in [-0.3, -0.25) is 9.59 Å². The fraction of sp³-hybridized carbons (Fsp3) is 0.400. The quantitative estimate of drug-likeness (QED) is 0.474. The molecule has 0 saturated carbocycles. The highest BCUT2D eigenvalue weighted by Gasteiger charge is 2.07. The smallest absolute Gasteiger partial charge is 0.235 e. The molecule has 0 rings (SSSR count). The van der Waals surface area contributed by atoms with Gasteiger partial charge in [-0.05, 0) is 0 Å². The molecule has 4 nitrogen and oxygen atoms in total. The Bertz CT molecular complexity index is 131. The molecule has 2 N–H and O–H groups in total. The first-order valence-electron chi connectivity index (χ1n) is 2.39. The van der Waals surface area contributed by atoms with Crippen molar-refractivity contribution in [3.8, 4) is 0 Å². The van der Waals surface area contributed by atoms with Crippen molar-refractivity contribution < 1.29 is 9.59 Å². The Kier molecular flexibility index (Phi) is 2.70. The topological polar surface area (TPSA) is 63.4 Å². The maximum absolute atomic E-state index is 10.5. The fourth-order valence-electron chi connectivity index (χ4n) is 0.251. The summed E-state index contributed by atoms with van der Waals surface area (Å²) < 4.78 is 0. The van der Waals surface area contributed by atoms with Crippen molar-refractivity contribution in [2.75, 3.05) is 14.1 Å². The Morgan fingerprint density at radius 1 is 1.44 bits per heavy atom. The first-order chi connectivity index (χ1) is 4.04.